The third-order valence-corrected chi connectivity index (χ3v) is 4.83. The Bertz CT molecular complexity index is 1120. The van der Waals surface area contributed by atoms with E-state index in [0.29, 0.717) is 24.3 Å². The molecule has 9 nitrogen and oxygen atoms in total. The zero-order valence-corrected chi connectivity index (χ0v) is 15.5. The van der Waals surface area contributed by atoms with Crippen molar-refractivity contribution in [2.45, 2.75) is 13.3 Å². The van der Waals surface area contributed by atoms with Crippen LogP contribution in [0, 0.1) is 10.1 Å². The van der Waals surface area contributed by atoms with Gasteiger partial charge in [0.15, 0.2) is 0 Å². The highest BCUT2D eigenvalue weighted by Crippen LogP contribution is 2.31. The fourth-order valence-corrected chi connectivity index (χ4v) is 3.44. The maximum atomic E-state index is 12.6. The van der Waals surface area contributed by atoms with Crippen LogP contribution in [0.15, 0.2) is 55.1 Å². The molecule has 0 spiro atoms. The lowest BCUT2D eigenvalue weighted by Gasteiger charge is -2.15. The molecule has 0 bridgehead atoms. The summed E-state index contributed by atoms with van der Waals surface area (Å²) in [7, 11) is 0. The Morgan fingerprint density at radius 3 is 2.66 bits per heavy atom. The van der Waals surface area contributed by atoms with Crippen molar-refractivity contribution in [2.75, 3.05) is 16.8 Å². The van der Waals surface area contributed by atoms with Gasteiger partial charge in [0.2, 0.25) is 5.91 Å². The van der Waals surface area contributed by atoms with E-state index < -0.39 is 10.8 Å². The first-order valence-electron chi connectivity index (χ1n) is 8.93. The Morgan fingerprint density at radius 2 is 1.97 bits per heavy atom. The Kier molecular flexibility index (Phi) is 4.55. The monoisotopic (exact) mass is 391 g/mol. The number of amides is 2. The standard InChI is InChI=1S/C20H17N5O4/c1-13(26)24-8-6-14-10-16(3-5-17(14)24)22-20(27)15-2-4-18(19(11-15)25(28)29)23-9-7-21-12-23/h2-5,7,9-12H,6,8H2,1H3,(H,22,27). The van der Waals surface area contributed by atoms with Gasteiger partial charge < -0.3 is 14.8 Å². The quantitative estimate of drug-likeness (QED) is 0.543. The van der Waals surface area contributed by atoms with Crippen LogP contribution < -0.4 is 10.2 Å². The van der Waals surface area contributed by atoms with E-state index in [4.69, 9.17) is 0 Å². The normalized spacial score (nSPS) is 12.5. The molecular weight excluding hydrogens is 374 g/mol. The molecule has 0 unspecified atom stereocenters. The average Bonchev–Trinajstić information content (AvgIpc) is 3.37. The van der Waals surface area contributed by atoms with Crippen molar-refractivity contribution in [2.24, 2.45) is 0 Å². The van der Waals surface area contributed by atoms with Crippen LogP contribution in [0.4, 0.5) is 17.1 Å². The summed E-state index contributed by atoms with van der Waals surface area (Å²) in [6.07, 6.45) is 5.28. The maximum absolute atomic E-state index is 12.6. The van der Waals surface area contributed by atoms with Gasteiger partial charge in [0.1, 0.15) is 5.69 Å². The number of rotatable bonds is 4. The number of nitrogens with zero attached hydrogens (tertiary/aromatic N) is 4. The van der Waals surface area contributed by atoms with Gasteiger partial charge in [-0.2, -0.15) is 0 Å². The molecule has 0 fully saturated rings. The van der Waals surface area contributed by atoms with Gasteiger partial charge in [-0.25, -0.2) is 4.98 Å². The van der Waals surface area contributed by atoms with E-state index in [0.717, 1.165) is 11.3 Å². The Balaban J connectivity index is 1.59. The van der Waals surface area contributed by atoms with E-state index in [9.17, 15) is 19.7 Å². The van der Waals surface area contributed by atoms with Crippen molar-refractivity contribution < 1.29 is 14.5 Å². The summed E-state index contributed by atoms with van der Waals surface area (Å²) in [6, 6.07) is 9.63. The second kappa shape index (κ2) is 7.19. The lowest BCUT2D eigenvalue weighted by Crippen LogP contribution is -2.25. The van der Waals surface area contributed by atoms with Crippen molar-refractivity contribution >= 4 is 28.9 Å². The number of benzene rings is 2. The number of nitro benzene ring substituents is 1. The highest BCUT2D eigenvalue weighted by molar-refractivity contribution is 6.05. The highest BCUT2D eigenvalue weighted by atomic mass is 16.6. The van der Waals surface area contributed by atoms with E-state index in [1.807, 2.05) is 6.07 Å². The molecular formula is C20H17N5O4. The summed E-state index contributed by atoms with van der Waals surface area (Å²) in [5.74, 6) is -0.475. The van der Waals surface area contributed by atoms with Crippen molar-refractivity contribution in [3.05, 3.63) is 76.4 Å². The topological polar surface area (TPSA) is 110 Å². The molecule has 2 aromatic carbocycles. The van der Waals surface area contributed by atoms with Crippen LogP contribution in [0.5, 0.6) is 0 Å². The van der Waals surface area contributed by atoms with Gasteiger partial charge in [0, 0.05) is 48.9 Å². The van der Waals surface area contributed by atoms with Crippen molar-refractivity contribution in [1.82, 2.24) is 9.55 Å². The van der Waals surface area contributed by atoms with Crippen molar-refractivity contribution in [3.63, 3.8) is 0 Å². The van der Waals surface area contributed by atoms with Crippen LogP contribution in [0.3, 0.4) is 0 Å². The smallest absolute Gasteiger partial charge is 0.294 e. The van der Waals surface area contributed by atoms with Crippen LogP contribution in [-0.4, -0.2) is 32.8 Å². The molecule has 1 aromatic heterocycles. The third-order valence-electron chi connectivity index (χ3n) is 4.83. The number of carbonyl (C=O) groups is 2. The summed E-state index contributed by atoms with van der Waals surface area (Å²) >= 11 is 0. The fourth-order valence-electron chi connectivity index (χ4n) is 3.44. The Hall–Kier alpha value is -4.01. The van der Waals surface area contributed by atoms with E-state index in [2.05, 4.69) is 10.3 Å². The van der Waals surface area contributed by atoms with Crippen LogP contribution in [0.2, 0.25) is 0 Å². The fraction of sp³-hybridized carbons (Fsp3) is 0.150. The Morgan fingerprint density at radius 1 is 1.17 bits per heavy atom. The van der Waals surface area contributed by atoms with E-state index in [-0.39, 0.29) is 17.2 Å². The largest absolute Gasteiger partial charge is 0.322 e. The molecule has 0 radical (unpaired) electrons. The first kappa shape index (κ1) is 18.4. The lowest BCUT2D eigenvalue weighted by molar-refractivity contribution is -0.384. The van der Waals surface area contributed by atoms with Gasteiger partial charge in [-0.15, -0.1) is 0 Å². The second-order valence-corrected chi connectivity index (χ2v) is 6.65. The molecule has 2 amide bonds. The SMILES string of the molecule is CC(=O)N1CCc2cc(NC(=O)c3ccc(-n4ccnc4)c([N+](=O)[O-])c3)ccc21. The van der Waals surface area contributed by atoms with Crippen LogP contribution in [0.25, 0.3) is 5.69 Å². The Labute approximate surface area is 165 Å². The molecule has 0 atom stereocenters. The zero-order chi connectivity index (χ0) is 20.5. The second-order valence-electron chi connectivity index (χ2n) is 6.65. The molecule has 1 aliphatic rings. The maximum Gasteiger partial charge on any atom is 0.294 e. The number of imidazole rings is 1. The van der Waals surface area contributed by atoms with Gasteiger partial charge in [-0.05, 0) is 42.3 Å². The number of fused-ring (bicyclic) bond motifs is 1. The van der Waals surface area contributed by atoms with Crippen molar-refractivity contribution in [1.29, 1.82) is 0 Å². The summed E-state index contributed by atoms with van der Waals surface area (Å²) in [5, 5.41) is 14.2. The average molecular weight is 391 g/mol. The molecule has 146 valence electrons. The molecule has 2 heterocycles. The van der Waals surface area contributed by atoms with E-state index >= 15 is 0 Å². The van der Waals surface area contributed by atoms with E-state index in [1.54, 1.807) is 23.2 Å². The predicted octanol–water partition coefficient (Wildman–Crippen LogP) is 2.94. The molecule has 0 aliphatic carbocycles. The van der Waals surface area contributed by atoms with Gasteiger partial charge >= 0.3 is 0 Å². The molecule has 4 rings (SSSR count). The number of aromatic nitrogens is 2. The van der Waals surface area contributed by atoms with Gasteiger partial charge in [-0.3, -0.25) is 19.7 Å². The number of nitro groups is 1. The van der Waals surface area contributed by atoms with Crippen molar-refractivity contribution in [3.8, 4) is 5.69 Å². The summed E-state index contributed by atoms with van der Waals surface area (Å²) in [6.45, 7) is 2.13. The minimum atomic E-state index is -0.530. The molecule has 0 saturated carbocycles. The number of nitrogens with one attached hydrogen (secondary N) is 1. The number of anilines is 2. The number of hydrogen-bond donors (Lipinski definition) is 1. The van der Waals surface area contributed by atoms with E-state index in [1.165, 1.54) is 42.2 Å². The minimum absolute atomic E-state index is 0.0224. The van der Waals surface area contributed by atoms with Gasteiger partial charge in [0.25, 0.3) is 11.6 Å². The van der Waals surface area contributed by atoms with Gasteiger partial charge in [-0.1, -0.05) is 0 Å². The summed E-state index contributed by atoms with van der Waals surface area (Å²) in [4.78, 5) is 40.8. The number of hydrogen-bond acceptors (Lipinski definition) is 5. The number of carbonyl (C=O) groups excluding carboxylic acids is 2. The predicted molar refractivity (Wildman–Crippen MR) is 106 cm³/mol. The van der Waals surface area contributed by atoms with Crippen LogP contribution in [0.1, 0.15) is 22.8 Å². The molecule has 1 aliphatic heterocycles. The molecule has 3 aromatic rings. The lowest BCUT2D eigenvalue weighted by atomic mass is 10.1. The van der Waals surface area contributed by atoms with Crippen LogP contribution >= 0.6 is 0 Å². The molecule has 1 N–H and O–H groups in total. The highest BCUT2D eigenvalue weighted by Gasteiger charge is 2.23. The minimum Gasteiger partial charge on any atom is -0.322 e. The zero-order valence-electron chi connectivity index (χ0n) is 15.5. The molecule has 29 heavy (non-hydrogen) atoms. The van der Waals surface area contributed by atoms with Gasteiger partial charge in [0.05, 0.1) is 11.3 Å². The summed E-state index contributed by atoms with van der Waals surface area (Å²) < 4.78 is 1.51. The molecule has 9 heteroatoms. The van der Waals surface area contributed by atoms with Crippen LogP contribution in [-0.2, 0) is 11.2 Å². The summed E-state index contributed by atoms with van der Waals surface area (Å²) in [5.41, 5.74) is 2.69. The first-order valence-corrected chi connectivity index (χ1v) is 8.93. The molecule has 0 saturated heterocycles. The first-order chi connectivity index (χ1) is 13.9. The third kappa shape index (κ3) is 3.45.